The summed E-state index contributed by atoms with van der Waals surface area (Å²) in [5.41, 5.74) is 0. The number of hydrogen-bond donors (Lipinski definition) is 0. The first kappa shape index (κ1) is 13.9. The molecule has 0 bridgehead atoms. The molecule has 0 aromatic carbocycles. The molecule has 0 amide bonds. The Morgan fingerprint density at radius 2 is 2.23 bits per heavy atom. The van der Waals surface area contributed by atoms with Gasteiger partial charge in [-0.3, -0.25) is 9.58 Å². The van der Waals surface area contributed by atoms with Crippen molar-refractivity contribution in [1.29, 1.82) is 0 Å². The molecule has 2 aromatic rings. The molecule has 1 aliphatic carbocycles. The summed E-state index contributed by atoms with van der Waals surface area (Å²) in [5, 5.41) is 8.52. The van der Waals surface area contributed by atoms with E-state index in [1.165, 1.54) is 32.1 Å². The van der Waals surface area contributed by atoms with Gasteiger partial charge in [0.1, 0.15) is 0 Å². The van der Waals surface area contributed by atoms with Gasteiger partial charge in [-0.05, 0) is 45.2 Å². The van der Waals surface area contributed by atoms with E-state index in [2.05, 4.69) is 27.1 Å². The normalized spacial score (nSPS) is 24.5. The third kappa shape index (κ3) is 2.79. The summed E-state index contributed by atoms with van der Waals surface area (Å²) in [6, 6.07) is 2.65. The van der Waals surface area contributed by atoms with Crippen molar-refractivity contribution in [2.45, 2.75) is 63.6 Å². The molecular formula is C16H23N5O. The van der Waals surface area contributed by atoms with E-state index in [1.54, 1.807) is 0 Å². The molecule has 4 rings (SSSR count). The Morgan fingerprint density at radius 3 is 3.00 bits per heavy atom. The van der Waals surface area contributed by atoms with E-state index in [4.69, 9.17) is 4.52 Å². The Kier molecular flexibility index (Phi) is 3.70. The van der Waals surface area contributed by atoms with Crippen LogP contribution in [0.25, 0.3) is 0 Å². The van der Waals surface area contributed by atoms with Crippen LogP contribution in [0, 0.1) is 0 Å². The fraction of sp³-hybridized carbons (Fsp3) is 0.688. The highest BCUT2D eigenvalue weighted by atomic mass is 16.5. The van der Waals surface area contributed by atoms with Crippen LogP contribution < -0.4 is 0 Å². The van der Waals surface area contributed by atoms with Crippen LogP contribution in [0.5, 0.6) is 0 Å². The van der Waals surface area contributed by atoms with Crippen LogP contribution in [0.15, 0.2) is 23.0 Å². The van der Waals surface area contributed by atoms with Gasteiger partial charge in [0.15, 0.2) is 5.82 Å². The molecule has 3 heterocycles. The maximum absolute atomic E-state index is 5.54. The van der Waals surface area contributed by atoms with Gasteiger partial charge in [-0.1, -0.05) is 11.6 Å². The highest BCUT2D eigenvalue weighted by Crippen LogP contribution is 2.39. The van der Waals surface area contributed by atoms with Crippen molar-refractivity contribution >= 4 is 0 Å². The number of rotatable bonds is 5. The number of likely N-dealkylation sites (tertiary alicyclic amines) is 1. The molecule has 0 unspecified atom stereocenters. The summed E-state index contributed by atoms with van der Waals surface area (Å²) in [6.07, 6.45) is 10.0. The standard InChI is InChI=1S/C16H23N5O/c1-12(16-18-15(19-22-16)13-6-7-13)21-10-3-2-5-14(21)11-20-9-4-8-17-20/h4,8-9,12-14H,2-3,5-7,10-11H2,1H3/t12-,14+/m0/s1. The third-order valence-electron chi connectivity index (χ3n) is 4.88. The van der Waals surface area contributed by atoms with Crippen LogP contribution in [0.2, 0.25) is 0 Å². The minimum atomic E-state index is 0.181. The van der Waals surface area contributed by atoms with E-state index >= 15 is 0 Å². The highest BCUT2D eigenvalue weighted by Gasteiger charge is 2.33. The molecule has 2 aromatic heterocycles. The smallest absolute Gasteiger partial charge is 0.243 e. The van der Waals surface area contributed by atoms with Crippen molar-refractivity contribution in [3.05, 3.63) is 30.2 Å². The predicted molar refractivity (Wildman–Crippen MR) is 81.3 cm³/mol. The second kappa shape index (κ2) is 5.83. The second-order valence-corrected chi connectivity index (χ2v) is 6.56. The maximum atomic E-state index is 5.54. The summed E-state index contributed by atoms with van der Waals surface area (Å²) in [5.74, 6) is 2.22. The van der Waals surface area contributed by atoms with Gasteiger partial charge >= 0.3 is 0 Å². The van der Waals surface area contributed by atoms with Gasteiger partial charge in [0.05, 0.1) is 12.6 Å². The molecule has 2 fully saturated rings. The van der Waals surface area contributed by atoms with Gasteiger partial charge < -0.3 is 4.52 Å². The fourth-order valence-corrected chi connectivity index (χ4v) is 3.42. The molecule has 22 heavy (non-hydrogen) atoms. The second-order valence-electron chi connectivity index (χ2n) is 6.56. The number of piperidine rings is 1. The van der Waals surface area contributed by atoms with Gasteiger partial charge in [0, 0.05) is 24.4 Å². The number of aromatic nitrogens is 4. The van der Waals surface area contributed by atoms with E-state index in [-0.39, 0.29) is 6.04 Å². The van der Waals surface area contributed by atoms with Gasteiger partial charge in [0.25, 0.3) is 0 Å². The van der Waals surface area contributed by atoms with Gasteiger partial charge in [-0.15, -0.1) is 0 Å². The molecule has 2 aliphatic rings. The zero-order valence-corrected chi connectivity index (χ0v) is 13.1. The minimum Gasteiger partial charge on any atom is -0.338 e. The largest absolute Gasteiger partial charge is 0.338 e. The molecule has 0 N–H and O–H groups in total. The van der Waals surface area contributed by atoms with E-state index in [1.807, 2.05) is 23.1 Å². The molecule has 0 spiro atoms. The Morgan fingerprint density at radius 1 is 1.32 bits per heavy atom. The van der Waals surface area contributed by atoms with Crippen LogP contribution in [-0.4, -0.2) is 37.4 Å². The summed E-state index contributed by atoms with van der Waals surface area (Å²) in [4.78, 5) is 7.15. The SMILES string of the molecule is C[C@@H](c1nc(C2CC2)no1)N1CCCC[C@@H]1Cn1cccn1. The average molecular weight is 301 g/mol. The number of hydrogen-bond acceptors (Lipinski definition) is 5. The average Bonchev–Trinajstić information content (AvgIpc) is 3.06. The highest BCUT2D eigenvalue weighted by molar-refractivity contribution is 5.05. The minimum absolute atomic E-state index is 0.181. The Labute approximate surface area is 130 Å². The van der Waals surface area contributed by atoms with Crippen LogP contribution in [0.3, 0.4) is 0 Å². The van der Waals surface area contributed by atoms with Gasteiger partial charge in [0.2, 0.25) is 5.89 Å². The first-order valence-corrected chi connectivity index (χ1v) is 8.38. The summed E-state index contributed by atoms with van der Waals surface area (Å²) in [7, 11) is 0. The summed E-state index contributed by atoms with van der Waals surface area (Å²) in [6.45, 7) is 4.21. The molecule has 0 radical (unpaired) electrons. The Bertz CT molecular complexity index is 604. The lowest BCUT2D eigenvalue weighted by Crippen LogP contribution is -2.43. The van der Waals surface area contributed by atoms with Crippen LogP contribution >= 0.6 is 0 Å². The lowest BCUT2D eigenvalue weighted by Gasteiger charge is -2.38. The van der Waals surface area contributed by atoms with Crippen molar-refractivity contribution in [1.82, 2.24) is 24.8 Å². The van der Waals surface area contributed by atoms with Crippen molar-refractivity contribution in [3.8, 4) is 0 Å². The van der Waals surface area contributed by atoms with E-state index in [0.29, 0.717) is 12.0 Å². The lowest BCUT2D eigenvalue weighted by molar-refractivity contribution is 0.0719. The topological polar surface area (TPSA) is 60.0 Å². The summed E-state index contributed by atoms with van der Waals surface area (Å²) < 4.78 is 7.57. The maximum Gasteiger partial charge on any atom is 0.243 e. The van der Waals surface area contributed by atoms with Crippen molar-refractivity contribution in [2.75, 3.05) is 6.54 Å². The summed E-state index contributed by atoms with van der Waals surface area (Å²) >= 11 is 0. The van der Waals surface area contributed by atoms with Crippen LogP contribution in [0.1, 0.15) is 62.7 Å². The molecule has 1 saturated carbocycles. The Hall–Kier alpha value is -1.69. The zero-order chi connectivity index (χ0) is 14.9. The monoisotopic (exact) mass is 301 g/mol. The molecule has 6 heteroatoms. The zero-order valence-electron chi connectivity index (χ0n) is 13.1. The van der Waals surface area contributed by atoms with Crippen LogP contribution in [-0.2, 0) is 6.54 Å². The number of nitrogens with zero attached hydrogens (tertiary/aromatic N) is 5. The lowest BCUT2D eigenvalue weighted by atomic mass is 10.00. The van der Waals surface area contributed by atoms with Crippen molar-refractivity contribution in [2.24, 2.45) is 0 Å². The van der Waals surface area contributed by atoms with E-state index in [9.17, 15) is 0 Å². The first-order chi connectivity index (χ1) is 10.8. The van der Waals surface area contributed by atoms with Crippen molar-refractivity contribution in [3.63, 3.8) is 0 Å². The predicted octanol–water partition coefficient (Wildman–Crippen LogP) is 2.76. The molecule has 118 valence electrons. The quantitative estimate of drug-likeness (QED) is 0.850. The third-order valence-corrected chi connectivity index (χ3v) is 4.88. The van der Waals surface area contributed by atoms with Crippen LogP contribution in [0.4, 0.5) is 0 Å². The van der Waals surface area contributed by atoms with Gasteiger partial charge in [-0.25, -0.2) is 0 Å². The molecule has 1 aliphatic heterocycles. The molecule has 6 nitrogen and oxygen atoms in total. The van der Waals surface area contributed by atoms with Crippen molar-refractivity contribution < 1.29 is 4.52 Å². The first-order valence-electron chi connectivity index (χ1n) is 8.38. The molecule has 2 atom stereocenters. The fourth-order valence-electron chi connectivity index (χ4n) is 3.42. The molecular weight excluding hydrogens is 278 g/mol. The Balaban J connectivity index is 1.49. The van der Waals surface area contributed by atoms with E-state index < -0.39 is 0 Å². The van der Waals surface area contributed by atoms with E-state index in [0.717, 1.165) is 24.8 Å². The van der Waals surface area contributed by atoms with Gasteiger partial charge in [-0.2, -0.15) is 10.1 Å². The molecule has 1 saturated heterocycles.